The summed E-state index contributed by atoms with van der Waals surface area (Å²) in [4.78, 5) is 17.9. The molecule has 2 heterocycles. The second kappa shape index (κ2) is 6.20. The first-order valence-corrected chi connectivity index (χ1v) is 9.31. The number of likely N-dealkylation sites (tertiary alicyclic amines) is 1. The van der Waals surface area contributed by atoms with Crippen LogP contribution >= 0.6 is 0 Å². The molecule has 1 aromatic heterocycles. The topological polar surface area (TPSA) is 45.3 Å². The third-order valence-electron chi connectivity index (χ3n) is 5.67. The van der Waals surface area contributed by atoms with Crippen LogP contribution in [0.4, 0.5) is 0 Å². The number of nitrogens with zero attached hydrogens (tertiary/aromatic N) is 1. The minimum atomic E-state index is 0.244. The summed E-state index contributed by atoms with van der Waals surface area (Å²) in [5.74, 6) is 2.63. The third kappa shape index (κ3) is 2.85. The van der Waals surface area contributed by atoms with Crippen LogP contribution in [-0.2, 0) is 17.8 Å². The van der Waals surface area contributed by atoms with Crippen molar-refractivity contribution in [2.45, 2.75) is 19.4 Å². The molecule has 2 fully saturated rings. The molecule has 1 aliphatic heterocycles. The van der Waals surface area contributed by atoms with Gasteiger partial charge in [-0.2, -0.15) is 0 Å². The molecule has 26 heavy (non-hydrogen) atoms. The molecular weight excluding hydrogens is 324 g/mol. The van der Waals surface area contributed by atoms with E-state index in [1.165, 1.54) is 6.42 Å². The Kier molecular flexibility index (Phi) is 3.70. The van der Waals surface area contributed by atoms with Crippen molar-refractivity contribution >= 4 is 16.8 Å². The van der Waals surface area contributed by atoms with Gasteiger partial charge in [-0.25, -0.2) is 0 Å². The molecule has 0 radical (unpaired) electrons. The van der Waals surface area contributed by atoms with Crippen molar-refractivity contribution in [2.75, 3.05) is 13.1 Å². The molecule has 1 aliphatic carbocycles. The summed E-state index contributed by atoms with van der Waals surface area (Å²) in [6.45, 7) is 2.44. The number of benzene rings is 2. The lowest BCUT2D eigenvalue weighted by Gasteiger charge is -2.17. The summed E-state index contributed by atoms with van der Waals surface area (Å²) in [5, 5.41) is 1.08. The van der Waals surface area contributed by atoms with Gasteiger partial charge in [0, 0.05) is 24.7 Å². The van der Waals surface area contributed by atoms with E-state index in [2.05, 4.69) is 23.2 Å². The number of hydrogen-bond donors (Lipinski definition) is 1. The van der Waals surface area contributed by atoms with Crippen LogP contribution in [-0.4, -0.2) is 28.9 Å². The number of H-pyrrole nitrogens is 1. The SMILES string of the molecule is O=C(Cc1c[nH]c2c(OCc3ccccc3)cccc12)N1CC2CC2C1. The molecule has 4 heteroatoms. The standard InChI is InChI=1S/C22H22N2O2/c25-21(24-12-17-9-18(17)13-24)10-16-11-23-22-19(16)7-4-8-20(22)26-14-15-5-2-1-3-6-15/h1-8,11,17-18,23H,9-10,12-14H2. The van der Waals surface area contributed by atoms with Gasteiger partial charge in [0.25, 0.3) is 0 Å². The molecule has 2 unspecified atom stereocenters. The third-order valence-corrected chi connectivity index (χ3v) is 5.67. The van der Waals surface area contributed by atoms with Gasteiger partial charge in [0.15, 0.2) is 0 Å². The molecule has 1 amide bonds. The van der Waals surface area contributed by atoms with Crippen molar-refractivity contribution in [3.63, 3.8) is 0 Å². The number of piperidine rings is 1. The second-order valence-electron chi connectivity index (χ2n) is 7.50. The lowest BCUT2D eigenvalue weighted by molar-refractivity contribution is -0.129. The number of aromatic nitrogens is 1. The Bertz CT molecular complexity index is 937. The molecule has 1 saturated heterocycles. The summed E-state index contributed by atoms with van der Waals surface area (Å²) >= 11 is 0. The highest BCUT2D eigenvalue weighted by Crippen LogP contribution is 2.45. The summed E-state index contributed by atoms with van der Waals surface area (Å²) in [5.41, 5.74) is 3.16. The Labute approximate surface area is 152 Å². The van der Waals surface area contributed by atoms with Crippen LogP contribution in [0.25, 0.3) is 10.9 Å². The zero-order valence-electron chi connectivity index (χ0n) is 14.7. The molecule has 2 aromatic carbocycles. The summed E-state index contributed by atoms with van der Waals surface area (Å²) in [7, 11) is 0. The van der Waals surface area contributed by atoms with Crippen molar-refractivity contribution < 1.29 is 9.53 Å². The average molecular weight is 346 g/mol. The van der Waals surface area contributed by atoms with E-state index in [4.69, 9.17) is 4.74 Å². The fraction of sp³-hybridized carbons (Fsp3) is 0.318. The molecular formula is C22H22N2O2. The number of para-hydroxylation sites is 1. The van der Waals surface area contributed by atoms with Gasteiger partial charge >= 0.3 is 0 Å². The van der Waals surface area contributed by atoms with Gasteiger partial charge in [-0.05, 0) is 35.4 Å². The normalized spacial score (nSPS) is 21.0. The van der Waals surface area contributed by atoms with Gasteiger partial charge in [-0.3, -0.25) is 4.79 Å². The van der Waals surface area contributed by atoms with Gasteiger partial charge in [0.2, 0.25) is 5.91 Å². The average Bonchev–Trinajstić information content (AvgIpc) is 3.09. The number of carbonyl (C=O) groups is 1. The van der Waals surface area contributed by atoms with Gasteiger partial charge in [-0.15, -0.1) is 0 Å². The lowest BCUT2D eigenvalue weighted by Crippen LogP contribution is -2.31. The fourth-order valence-electron chi connectivity index (χ4n) is 4.06. The quantitative estimate of drug-likeness (QED) is 0.764. The van der Waals surface area contributed by atoms with Crippen LogP contribution in [0, 0.1) is 11.8 Å². The number of rotatable bonds is 5. The summed E-state index contributed by atoms with van der Waals surface area (Å²) in [6.07, 6.45) is 3.73. The van der Waals surface area contributed by atoms with Gasteiger partial charge in [0.05, 0.1) is 11.9 Å². The molecule has 0 bridgehead atoms. The number of nitrogens with one attached hydrogen (secondary N) is 1. The van der Waals surface area contributed by atoms with E-state index in [0.717, 1.165) is 52.7 Å². The Balaban J connectivity index is 1.33. The minimum absolute atomic E-state index is 0.244. The molecule has 5 rings (SSSR count). The molecule has 0 spiro atoms. The number of hydrogen-bond acceptors (Lipinski definition) is 2. The monoisotopic (exact) mass is 346 g/mol. The Morgan fingerprint density at radius 1 is 1.08 bits per heavy atom. The number of amides is 1. The maximum Gasteiger partial charge on any atom is 0.227 e. The first-order chi connectivity index (χ1) is 12.8. The first kappa shape index (κ1) is 15.5. The Morgan fingerprint density at radius 3 is 2.69 bits per heavy atom. The van der Waals surface area contributed by atoms with Crippen LogP contribution in [0.5, 0.6) is 5.75 Å². The molecule has 1 N–H and O–H groups in total. The Hall–Kier alpha value is -2.75. The van der Waals surface area contributed by atoms with Crippen molar-refractivity contribution in [2.24, 2.45) is 11.8 Å². The number of carbonyl (C=O) groups excluding carboxylic acids is 1. The van der Waals surface area contributed by atoms with E-state index in [0.29, 0.717) is 13.0 Å². The van der Waals surface area contributed by atoms with E-state index in [1.807, 2.05) is 41.4 Å². The van der Waals surface area contributed by atoms with E-state index in [9.17, 15) is 4.79 Å². The number of ether oxygens (including phenoxy) is 1. The number of aromatic amines is 1. The highest BCUT2D eigenvalue weighted by Gasteiger charge is 2.46. The summed E-state index contributed by atoms with van der Waals surface area (Å²) in [6, 6.07) is 16.2. The van der Waals surface area contributed by atoms with Crippen LogP contribution in [0.1, 0.15) is 17.5 Å². The summed E-state index contributed by atoms with van der Waals surface area (Å²) < 4.78 is 6.02. The van der Waals surface area contributed by atoms with Crippen LogP contribution in [0.3, 0.4) is 0 Å². The zero-order chi connectivity index (χ0) is 17.5. The molecule has 2 aliphatic rings. The highest BCUT2D eigenvalue weighted by atomic mass is 16.5. The molecule has 1 saturated carbocycles. The molecule has 132 valence electrons. The van der Waals surface area contributed by atoms with Crippen molar-refractivity contribution in [3.05, 3.63) is 65.9 Å². The van der Waals surface area contributed by atoms with Crippen molar-refractivity contribution in [1.29, 1.82) is 0 Å². The van der Waals surface area contributed by atoms with Crippen LogP contribution in [0.2, 0.25) is 0 Å². The zero-order valence-corrected chi connectivity index (χ0v) is 14.7. The van der Waals surface area contributed by atoms with Gasteiger partial charge < -0.3 is 14.6 Å². The number of fused-ring (bicyclic) bond motifs is 2. The minimum Gasteiger partial charge on any atom is -0.487 e. The highest BCUT2D eigenvalue weighted by molar-refractivity contribution is 5.92. The second-order valence-corrected chi connectivity index (χ2v) is 7.50. The smallest absolute Gasteiger partial charge is 0.227 e. The largest absolute Gasteiger partial charge is 0.487 e. The van der Waals surface area contributed by atoms with Gasteiger partial charge in [-0.1, -0.05) is 42.5 Å². The Morgan fingerprint density at radius 2 is 1.88 bits per heavy atom. The lowest BCUT2D eigenvalue weighted by atomic mass is 10.1. The molecule has 2 atom stereocenters. The first-order valence-electron chi connectivity index (χ1n) is 9.31. The molecule has 4 nitrogen and oxygen atoms in total. The maximum absolute atomic E-state index is 12.6. The maximum atomic E-state index is 12.6. The fourth-order valence-corrected chi connectivity index (χ4v) is 4.06. The van der Waals surface area contributed by atoms with Crippen molar-refractivity contribution in [3.8, 4) is 5.75 Å². The van der Waals surface area contributed by atoms with Gasteiger partial charge in [0.1, 0.15) is 12.4 Å². The van der Waals surface area contributed by atoms with E-state index < -0.39 is 0 Å². The van der Waals surface area contributed by atoms with E-state index in [1.54, 1.807) is 0 Å². The molecule has 3 aromatic rings. The predicted molar refractivity (Wildman–Crippen MR) is 101 cm³/mol. The van der Waals surface area contributed by atoms with Crippen molar-refractivity contribution in [1.82, 2.24) is 9.88 Å². The van der Waals surface area contributed by atoms with Crippen LogP contribution in [0.15, 0.2) is 54.7 Å². The van der Waals surface area contributed by atoms with E-state index in [-0.39, 0.29) is 5.91 Å². The van der Waals surface area contributed by atoms with E-state index >= 15 is 0 Å². The predicted octanol–water partition coefficient (Wildman–Crippen LogP) is 3.77. The van der Waals surface area contributed by atoms with Crippen LogP contribution < -0.4 is 4.74 Å².